The first-order valence-corrected chi connectivity index (χ1v) is 11.0. The van der Waals surface area contributed by atoms with Crippen LogP contribution in [0.3, 0.4) is 0 Å². The third kappa shape index (κ3) is 2.84. The first kappa shape index (κ1) is 19.3. The standard InChI is InChI=1S/C29H21N3O/c33-28-27-25(24-18-10-11-19-26(24)31-28)20-30-32(27)29(21-12-4-1-5-13-21,22-14-6-2-7-15-22)23-16-8-3-9-17-23/h1-20H,(H,31,33). The fraction of sp³-hybridized carbons (Fsp3) is 0.0345. The molecule has 0 bridgehead atoms. The van der Waals surface area contributed by atoms with E-state index in [9.17, 15) is 4.79 Å². The minimum Gasteiger partial charge on any atom is -0.320 e. The van der Waals surface area contributed by atoms with Crippen LogP contribution in [0.5, 0.6) is 0 Å². The highest BCUT2D eigenvalue weighted by atomic mass is 16.1. The highest BCUT2D eigenvalue weighted by molar-refractivity contribution is 6.04. The summed E-state index contributed by atoms with van der Waals surface area (Å²) in [4.78, 5) is 16.6. The third-order valence-corrected chi connectivity index (χ3v) is 6.34. The monoisotopic (exact) mass is 427 g/mol. The molecular weight excluding hydrogens is 406 g/mol. The molecule has 4 heteroatoms. The van der Waals surface area contributed by atoms with Gasteiger partial charge >= 0.3 is 0 Å². The van der Waals surface area contributed by atoms with E-state index in [1.165, 1.54) is 0 Å². The Labute approximate surface area is 190 Å². The number of rotatable bonds is 4. The number of benzene rings is 4. The summed E-state index contributed by atoms with van der Waals surface area (Å²) in [7, 11) is 0. The molecule has 158 valence electrons. The smallest absolute Gasteiger partial charge is 0.274 e. The summed E-state index contributed by atoms with van der Waals surface area (Å²) in [6, 6.07) is 38.6. The number of aromatic nitrogens is 3. The molecule has 0 aliphatic carbocycles. The lowest BCUT2D eigenvalue weighted by Crippen LogP contribution is -2.39. The molecule has 4 nitrogen and oxygen atoms in total. The van der Waals surface area contributed by atoms with Gasteiger partial charge in [-0.2, -0.15) is 5.10 Å². The Balaban J connectivity index is 1.83. The Bertz CT molecular complexity index is 1520. The van der Waals surface area contributed by atoms with E-state index >= 15 is 0 Å². The lowest BCUT2D eigenvalue weighted by molar-refractivity contribution is 0.474. The molecule has 0 saturated carbocycles. The molecule has 0 radical (unpaired) electrons. The molecule has 4 aromatic carbocycles. The molecular formula is C29H21N3O. The molecule has 0 atom stereocenters. The lowest BCUT2D eigenvalue weighted by Gasteiger charge is -2.36. The van der Waals surface area contributed by atoms with Crippen molar-refractivity contribution in [2.24, 2.45) is 0 Å². The Morgan fingerprint density at radius 2 is 1.09 bits per heavy atom. The number of pyridine rings is 1. The fourth-order valence-corrected chi connectivity index (χ4v) is 4.93. The SMILES string of the molecule is O=c1[nH]c2ccccc2c2cnn(C(c3ccccc3)(c3ccccc3)c3ccccc3)c12. The van der Waals surface area contributed by atoms with Gasteiger partial charge in [0.25, 0.3) is 5.56 Å². The summed E-state index contributed by atoms with van der Waals surface area (Å²) >= 11 is 0. The minimum atomic E-state index is -0.832. The van der Waals surface area contributed by atoms with E-state index in [1.807, 2.05) is 89.7 Å². The molecule has 33 heavy (non-hydrogen) atoms. The van der Waals surface area contributed by atoms with Gasteiger partial charge in [-0.25, -0.2) is 4.68 Å². The number of nitrogens with one attached hydrogen (secondary N) is 1. The van der Waals surface area contributed by atoms with Crippen LogP contribution in [0.1, 0.15) is 16.7 Å². The molecule has 0 unspecified atom stereocenters. The number of nitrogens with zero attached hydrogens (tertiary/aromatic N) is 2. The predicted molar refractivity (Wildman–Crippen MR) is 132 cm³/mol. The Hall–Kier alpha value is -4.44. The van der Waals surface area contributed by atoms with Gasteiger partial charge in [-0.05, 0) is 22.8 Å². The fourth-order valence-electron chi connectivity index (χ4n) is 4.93. The average Bonchev–Trinajstić information content (AvgIpc) is 3.33. The summed E-state index contributed by atoms with van der Waals surface area (Å²) in [6.45, 7) is 0. The van der Waals surface area contributed by atoms with Gasteiger partial charge in [0.2, 0.25) is 0 Å². The number of para-hydroxylation sites is 1. The van der Waals surface area contributed by atoms with Crippen molar-refractivity contribution in [2.75, 3.05) is 0 Å². The lowest BCUT2D eigenvalue weighted by atomic mass is 9.77. The number of hydrogen-bond acceptors (Lipinski definition) is 2. The van der Waals surface area contributed by atoms with E-state index < -0.39 is 5.54 Å². The van der Waals surface area contributed by atoms with E-state index in [0.717, 1.165) is 33.0 Å². The summed E-state index contributed by atoms with van der Waals surface area (Å²) in [6.07, 6.45) is 1.82. The van der Waals surface area contributed by atoms with Crippen molar-refractivity contribution in [3.8, 4) is 0 Å². The second-order valence-corrected chi connectivity index (χ2v) is 8.13. The van der Waals surface area contributed by atoms with Crippen molar-refractivity contribution in [2.45, 2.75) is 5.54 Å². The van der Waals surface area contributed by atoms with Crippen molar-refractivity contribution in [3.63, 3.8) is 0 Å². The van der Waals surface area contributed by atoms with Crippen LogP contribution in [-0.2, 0) is 5.54 Å². The summed E-state index contributed by atoms with van der Waals surface area (Å²) in [5.41, 5.74) is 3.44. The molecule has 6 aromatic rings. The van der Waals surface area contributed by atoms with Crippen LogP contribution in [0.25, 0.3) is 21.8 Å². The van der Waals surface area contributed by atoms with Crippen molar-refractivity contribution >= 4 is 21.8 Å². The van der Waals surface area contributed by atoms with Gasteiger partial charge < -0.3 is 4.98 Å². The Morgan fingerprint density at radius 3 is 1.64 bits per heavy atom. The molecule has 0 spiro atoms. The number of hydrogen-bond donors (Lipinski definition) is 1. The molecule has 0 fully saturated rings. The topological polar surface area (TPSA) is 50.7 Å². The Kier molecular flexibility index (Phi) is 4.44. The first-order valence-electron chi connectivity index (χ1n) is 11.0. The van der Waals surface area contributed by atoms with Crippen LogP contribution in [0.15, 0.2) is 126 Å². The van der Waals surface area contributed by atoms with Gasteiger partial charge in [-0.3, -0.25) is 4.79 Å². The predicted octanol–water partition coefficient (Wildman–Crippen LogP) is 5.72. The van der Waals surface area contributed by atoms with Crippen LogP contribution >= 0.6 is 0 Å². The summed E-state index contributed by atoms with van der Waals surface area (Å²) in [5, 5.41) is 6.71. The zero-order valence-corrected chi connectivity index (χ0v) is 17.8. The first-order chi connectivity index (χ1) is 16.3. The Morgan fingerprint density at radius 1 is 0.606 bits per heavy atom. The molecule has 1 N–H and O–H groups in total. The van der Waals surface area contributed by atoms with Crippen molar-refractivity contribution in [1.29, 1.82) is 0 Å². The number of H-pyrrole nitrogens is 1. The van der Waals surface area contributed by atoms with Crippen LogP contribution in [0.4, 0.5) is 0 Å². The zero-order chi connectivity index (χ0) is 22.3. The van der Waals surface area contributed by atoms with E-state index in [-0.39, 0.29) is 5.56 Å². The molecule has 6 rings (SSSR count). The highest BCUT2D eigenvalue weighted by Crippen LogP contribution is 2.42. The van der Waals surface area contributed by atoms with Crippen LogP contribution in [0.2, 0.25) is 0 Å². The third-order valence-electron chi connectivity index (χ3n) is 6.34. The van der Waals surface area contributed by atoms with Crippen molar-refractivity contribution in [3.05, 3.63) is 149 Å². The van der Waals surface area contributed by atoms with Crippen LogP contribution in [-0.4, -0.2) is 14.8 Å². The molecule has 0 aliphatic heterocycles. The van der Waals surface area contributed by atoms with Gasteiger partial charge in [-0.1, -0.05) is 109 Å². The maximum Gasteiger partial charge on any atom is 0.274 e. The maximum atomic E-state index is 13.5. The van der Waals surface area contributed by atoms with Gasteiger partial charge in [0.1, 0.15) is 11.1 Å². The van der Waals surface area contributed by atoms with Gasteiger partial charge in [0.15, 0.2) is 0 Å². The quantitative estimate of drug-likeness (QED) is 0.366. The molecule has 2 aromatic heterocycles. The highest BCUT2D eigenvalue weighted by Gasteiger charge is 2.40. The van der Waals surface area contributed by atoms with E-state index in [0.29, 0.717) is 5.52 Å². The molecule has 0 saturated heterocycles. The van der Waals surface area contributed by atoms with Crippen LogP contribution in [0, 0.1) is 0 Å². The molecule has 2 heterocycles. The van der Waals surface area contributed by atoms with E-state index in [1.54, 1.807) is 0 Å². The van der Waals surface area contributed by atoms with E-state index in [4.69, 9.17) is 5.10 Å². The number of aromatic amines is 1. The second kappa shape index (κ2) is 7.61. The van der Waals surface area contributed by atoms with Crippen LogP contribution < -0.4 is 5.56 Å². The van der Waals surface area contributed by atoms with E-state index in [2.05, 4.69) is 41.4 Å². The summed E-state index contributed by atoms with van der Waals surface area (Å²) in [5.74, 6) is 0. The normalized spacial score (nSPS) is 11.8. The van der Waals surface area contributed by atoms with Crippen molar-refractivity contribution in [1.82, 2.24) is 14.8 Å². The second-order valence-electron chi connectivity index (χ2n) is 8.13. The number of fused-ring (bicyclic) bond motifs is 3. The van der Waals surface area contributed by atoms with Gasteiger partial charge in [-0.15, -0.1) is 0 Å². The van der Waals surface area contributed by atoms with Gasteiger partial charge in [0.05, 0.1) is 6.20 Å². The van der Waals surface area contributed by atoms with Crippen molar-refractivity contribution < 1.29 is 0 Å². The largest absolute Gasteiger partial charge is 0.320 e. The average molecular weight is 428 g/mol. The molecule has 0 amide bonds. The maximum absolute atomic E-state index is 13.5. The minimum absolute atomic E-state index is 0.159. The molecule has 0 aliphatic rings. The zero-order valence-electron chi connectivity index (χ0n) is 17.8. The summed E-state index contributed by atoms with van der Waals surface area (Å²) < 4.78 is 1.90. The van der Waals surface area contributed by atoms with Gasteiger partial charge in [0, 0.05) is 16.3 Å².